The Hall–Kier alpha value is -2.36. The molecule has 0 aliphatic carbocycles. The van der Waals surface area contributed by atoms with Gasteiger partial charge in [-0.2, -0.15) is 4.72 Å². The van der Waals surface area contributed by atoms with E-state index in [1.807, 2.05) is 25.1 Å². The molecule has 136 valence electrons. The molecular formula is C17H16FN3O3S2. The van der Waals surface area contributed by atoms with E-state index in [4.69, 9.17) is 0 Å². The lowest BCUT2D eigenvalue weighted by Crippen LogP contribution is -2.41. The van der Waals surface area contributed by atoms with Crippen LogP contribution in [0.2, 0.25) is 0 Å². The van der Waals surface area contributed by atoms with Gasteiger partial charge in [-0.1, -0.05) is 29.5 Å². The van der Waals surface area contributed by atoms with Crippen LogP contribution >= 0.6 is 11.3 Å². The summed E-state index contributed by atoms with van der Waals surface area (Å²) in [4.78, 5) is 16.1. The number of anilines is 1. The lowest BCUT2D eigenvalue weighted by molar-refractivity contribution is -0.117. The smallest absolute Gasteiger partial charge is 0.244 e. The monoisotopic (exact) mass is 393 g/mol. The second-order valence-electron chi connectivity index (χ2n) is 5.75. The van der Waals surface area contributed by atoms with Crippen LogP contribution in [0.25, 0.3) is 10.2 Å². The second kappa shape index (κ2) is 7.10. The molecule has 0 fully saturated rings. The molecule has 2 N–H and O–H groups in total. The van der Waals surface area contributed by atoms with E-state index in [-0.39, 0.29) is 0 Å². The van der Waals surface area contributed by atoms with E-state index < -0.39 is 32.7 Å². The van der Waals surface area contributed by atoms with Gasteiger partial charge < -0.3 is 5.32 Å². The minimum Gasteiger partial charge on any atom is -0.301 e. The van der Waals surface area contributed by atoms with Crippen LogP contribution in [0.4, 0.5) is 9.52 Å². The number of aromatic nitrogens is 1. The number of amides is 1. The predicted octanol–water partition coefficient (Wildman–Crippen LogP) is 3.05. The summed E-state index contributed by atoms with van der Waals surface area (Å²) in [6.45, 7) is 3.34. The third-order valence-corrected chi connectivity index (χ3v) is 6.13. The van der Waals surface area contributed by atoms with E-state index in [0.717, 1.165) is 27.9 Å². The van der Waals surface area contributed by atoms with E-state index in [2.05, 4.69) is 15.0 Å². The number of carbonyl (C=O) groups excluding carboxylic acids is 1. The zero-order valence-corrected chi connectivity index (χ0v) is 15.6. The molecule has 0 radical (unpaired) electrons. The highest BCUT2D eigenvalue weighted by atomic mass is 32.2. The molecule has 0 unspecified atom stereocenters. The number of nitrogens with one attached hydrogen (secondary N) is 2. The number of nitrogens with zero attached hydrogens (tertiary/aromatic N) is 1. The van der Waals surface area contributed by atoms with Crippen LogP contribution in [0, 0.1) is 12.7 Å². The number of halogens is 1. The quantitative estimate of drug-likeness (QED) is 0.697. The van der Waals surface area contributed by atoms with Crippen LogP contribution in [-0.4, -0.2) is 25.4 Å². The number of hydrogen-bond donors (Lipinski definition) is 2. The molecule has 1 heterocycles. The molecule has 6 nitrogen and oxygen atoms in total. The number of rotatable bonds is 5. The molecular weight excluding hydrogens is 377 g/mol. The van der Waals surface area contributed by atoms with Crippen molar-refractivity contribution in [2.24, 2.45) is 0 Å². The molecule has 0 aliphatic heterocycles. The molecule has 9 heteroatoms. The number of benzene rings is 2. The minimum absolute atomic E-state index is 0.368. The van der Waals surface area contributed by atoms with Gasteiger partial charge in [-0.25, -0.2) is 17.8 Å². The third kappa shape index (κ3) is 3.90. The molecule has 1 amide bonds. The van der Waals surface area contributed by atoms with E-state index >= 15 is 0 Å². The molecule has 0 bridgehead atoms. The summed E-state index contributed by atoms with van der Waals surface area (Å²) in [6, 6.07) is 9.59. The van der Waals surface area contributed by atoms with Gasteiger partial charge in [0, 0.05) is 0 Å². The first-order valence-electron chi connectivity index (χ1n) is 7.71. The number of fused-ring (bicyclic) bond motifs is 1. The topological polar surface area (TPSA) is 88.2 Å². The number of aryl methyl sites for hydroxylation is 1. The van der Waals surface area contributed by atoms with Crippen LogP contribution in [0.5, 0.6) is 0 Å². The van der Waals surface area contributed by atoms with Crippen molar-refractivity contribution in [2.45, 2.75) is 24.8 Å². The van der Waals surface area contributed by atoms with E-state index in [9.17, 15) is 17.6 Å². The summed E-state index contributed by atoms with van der Waals surface area (Å²) < 4.78 is 41.3. The molecule has 0 aliphatic rings. The van der Waals surface area contributed by atoms with Crippen LogP contribution < -0.4 is 10.0 Å². The SMILES string of the molecule is Cc1ccc2nc(NC(=O)[C@@H](C)NS(=O)(=O)c3ccccc3F)sc2c1. The number of hydrogen-bond acceptors (Lipinski definition) is 5. The fourth-order valence-electron chi connectivity index (χ4n) is 2.31. The maximum absolute atomic E-state index is 13.7. The third-order valence-electron chi connectivity index (χ3n) is 3.63. The van der Waals surface area contributed by atoms with Crippen molar-refractivity contribution in [3.05, 3.63) is 53.8 Å². The van der Waals surface area contributed by atoms with Crippen molar-refractivity contribution in [3.8, 4) is 0 Å². The van der Waals surface area contributed by atoms with Crippen LogP contribution in [-0.2, 0) is 14.8 Å². The van der Waals surface area contributed by atoms with E-state index in [1.54, 1.807) is 0 Å². The van der Waals surface area contributed by atoms with Gasteiger partial charge >= 0.3 is 0 Å². The van der Waals surface area contributed by atoms with Gasteiger partial charge in [-0.15, -0.1) is 0 Å². The summed E-state index contributed by atoms with van der Waals surface area (Å²) in [7, 11) is -4.16. The summed E-state index contributed by atoms with van der Waals surface area (Å²) in [5, 5.41) is 2.96. The molecule has 3 rings (SSSR count). The number of carbonyl (C=O) groups is 1. The van der Waals surface area contributed by atoms with Crippen molar-refractivity contribution >= 4 is 42.6 Å². The molecule has 26 heavy (non-hydrogen) atoms. The number of thiazole rings is 1. The van der Waals surface area contributed by atoms with Crippen LogP contribution in [0.3, 0.4) is 0 Å². The van der Waals surface area contributed by atoms with Crippen molar-refractivity contribution in [2.75, 3.05) is 5.32 Å². The second-order valence-corrected chi connectivity index (χ2v) is 8.47. The standard InChI is InChI=1S/C17H16FN3O3S2/c1-10-7-8-13-14(9-10)25-17(19-13)20-16(22)11(2)21-26(23,24)15-6-4-3-5-12(15)18/h3-9,11,21H,1-2H3,(H,19,20,22)/t11-/m1/s1. The summed E-state index contributed by atoms with van der Waals surface area (Å²) in [5.74, 6) is -1.46. The van der Waals surface area contributed by atoms with Gasteiger partial charge in [-0.05, 0) is 43.7 Å². The highest BCUT2D eigenvalue weighted by molar-refractivity contribution is 7.89. The Morgan fingerprint density at radius 3 is 2.69 bits per heavy atom. The van der Waals surface area contributed by atoms with Gasteiger partial charge in [0.25, 0.3) is 0 Å². The summed E-state index contributed by atoms with van der Waals surface area (Å²) >= 11 is 1.29. The Bertz CT molecular complexity index is 1080. The van der Waals surface area contributed by atoms with Gasteiger partial charge in [0.15, 0.2) is 5.13 Å². The van der Waals surface area contributed by atoms with Crippen LogP contribution in [0.15, 0.2) is 47.4 Å². The largest absolute Gasteiger partial charge is 0.301 e. The number of sulfonamides is 1. The lowest BCUT2D eigenvalue weighted by atomic mass is 10.2. The van der Waals surface area contributed by atoms with Gasteiger partial charge in [0.05, 0.1) is 16.3 Å². The van der Waals surface area contributed by atoms with E-state index in [1.165, 1.54) is 30.4 Å². The molecule has 2 aromatic carbocycles. The molecule has 0 spiro atoms. The maximum atomic E-state index is 13.7. The summed E-state index contributed by atoms with van der Waals surface area (Å²) in [5.41, 5.74) is 1.82. The Morgan fingerprint density at radius 2 is 1.96 bits per heavy atom. The van der Waals surface area contributed by atoms with Crippen molar-refractivity contribution in [1.82, 2.24) is 9.71 Å². The average molecular weight is 393 g/mol. The maximum Gasteiger partial charge on any atom is 0.244 e. The fraction of sp³-hybridized carbons (Fsp3) is 0.176. The average Bonchev–Trinajstić information content (AvgIpc) is 2.95. The zero-order valence-electron chi connectivity index (χ0n) is 14.0. The first kappa shape index (κ1) is 18.4. The van der Waals surface area contributed by atoms with Gasteiger partial charge in [-0.3, -0.25) is 4.79 Å². The van der Waals surface area contributed by atoms with Crippen molar-refractivity contribution in [1.29, 1.82) is 0 Å². The molecule has 1 aromatic heterocycles. The predicted molar refractivity (Wildman–Crippen MR) is 99.2 cm³/mol. The highest BCUT2D eigenvalue weighted by Crippen LogP contribution is 2.26. The Morgan fingerprint density at radius 1 is 1.23 bits per heavy atom. The normalized spacial score (nSPS) is 12.9. The highest BCUT2D eigenvalue weighted by Gasteiger charge is 2.25. The Labute approximate surface area is 154 Å². The fourth-order valence-corrected chi connectivity index (χ4v) is 4.56. The first-order chi connectivity index (χ1) is 12.3. The molecule has 0 saturated carbocycles. The molecule has 0 saturated heterocycles. The van der Waals surface area contributed by atoms with Gasteiger partial charge in [0.1, 0.15) is 10.7 Å². The first-order valence-corrected chi connectivity index (χ1v) is 10.0. The minimum atomic E-state index is -4.16. The van der Waals surface area contributed by atoms with E-state index in [0.29, 0.717) is 5.13 Å². The zero-order chi connectivity index (χ0) is 18.9. The Balaban J connectivity index is 1.74. The lowest BCUT2D eigenvalue weighted by Gasteiger charge is -2.13. The van der Waals surface area contributed by atoms with Crippen molar-refractivity contribution in [3.63, 3.8) is 0 Å². The summed E-state index contributed by atoms with van der Waals surface area (Å²) in [6.07, 6.45) is 0. The van der Waals surface area contributed by atoms with Crippen LogP contribution in [0.1, 0.15) is 12.5 Å². The molecule has 3 aromatic rings. The van der Waals surface area contributed by atoms with Crippen molar-refractivity contribution < 1.29 is 17.6 Å². The Kier molecular flexibility index (Phi) is 5.03. The molecule has 1 atom stereocenters. The van der Waals surface area contributed by atoms with Gasteiger partial charge in [0.2, 0.25) is 15.9 Å².